The van der Waals surface area contributed by atoms with Gasteiger partial charge < -0.3 is 14.7 Å². The van der Waals surface area contributed by atoms with Crippen LogP contribution in [-0.4, -0.2) is 48.3 Å². The molecule has 0 radical (unpaired) electrons. The number of piperidine rings is 1. The second kappa shape index (κ2) is 6.25. The number of carbonyl (C=O) groups is 1. The van der Waals surface area contributed by atoms with E-state index >= 15 is 0 Å². The van der Waals surface area contributed by atoms with Gasteiger partial charge in [-0.3, -0.25) is 4.79 Å². The molecular formula is C17H31NO3. The van der Waals surface area contributed by atoms with E-state index in [1.807, 2.05) is 4.90 Å². The van der Waals surface area contributed by atoms with Gasteiger partial charge in [-0.2, -0.15) is 0 Å². The number of rotatable bonds is 3. The average molecular weight is 297 g/mol. The van der Waals surface area contributed by atoms with E-state index in [2.05, 4.69) is 20.8 Å². The maximum atomic E-state index is 12.9. The number of likely N-dealkylation sites (tertiary alicyclic amines) is 1. The molecule has 1 heterocycles. The van der Waals surface area contributed by atoms with Crippen LogP contribution in [0, 0.1) is 17.3 Å². The first kappa shape index (κ1) is 16.8. The molecule has 4 heteroatoms. The number of carbonyl (C=O) groups excluding carboxylic acids is 1. The van der Waals surface area contributed by atoms with Gasteiger partial charge in [-0.05, 0) is 43.4 Å². The lowest BCUT2D eigenvalue weighted by atomic mass is 9.67. The first-order chi connectivity index (χ1) is 9.81. The first-order valence-electron chi connectivity index (χ1n) is 8.26. The maximum absolute atomic E-state index is 12.9. The Bertz CT molecular complexity index is 376. The fraction of sp³-hybridized carbons (Fsp3) is 0.941. The van der Waals surface area contributed by atoms with Gasteiger partial charge in [-0.25, -0.2) is 0 Å². The Hall–Kier alpha value is -0.610. The third kappa shape index (κ3) is 3.78. The summed E-state index contributed by atoms with van der Waals surface area (Å²) in [6.07, 6.45) is 4.92. The molecule has 3 unspecified atom stereocenters. The fourth-order valence-corrected chi connectivity index (χ4v) is 4.44. The van der Waals surface area contributed by atoms with Crippen molar-refractivity contribution in [2.24, 2.45) is 17.3 Å². The van der Waals surface area contributed by atoms with E-state index in [9.17, 15) is 9.90 Å². The number of hydrogen-bond acceptors (Lipinski definition) is 3. The van der Waals surface area contributed by atoms with E-state index in [1.165, 1.54) is 6.42 Å². The van der Waals surface area contributed by atoms with Crippen LogP contribution in [0.2, 0.25) is 0 Å². The van der Waals surface area contributed by atoms with Gasteiger partial charge in [0.2, 0.25) is 5.91 Å². The molecule has 1 aliphatic heterocycles. The van der Waals surface area contributed by atoms with Gasteiger partial charge in [0.1, 0.15) is 5.60 Å². The molecule has 2 rings (SSSR count). The molecule has 0 spiro atoms. The molecule has 1 saturated heterocycles. The molecule has 1 saturated carbocycles. The summed E-state index contributed by atoms with van der Waals surface area (Å²) in [5.74, 6) is 1.01. The highest BCUT2D eigenvalue weighted by atomic mass is 16.5. The Morgan fingerprint density at radius 3 is 2.67 bits per heavy atom. The number of nitrogens with zero attached hydrogens (tertiary/aromatic N) is 1. The summed E-state index contributed by atoms with van der Waals surface area (Å²) >= 11 is 0. The molecule has 4 nitrogen and oxygen atoms in total. The number of aliphatic hydroxyl groups is 1. The zero-order valence-corrected chi connectivity index (χ0v) is 14.0. The van der Waals surface area contributed by atoms with E-state index in [1.54, 1.807) is 7.11 Å². The van der Waals surface area contributed by atoms with Crippen molar-refractivity contribution in [3.05, 3.63) is 0 Å². The Labute approximate surface area is 128 Å². The van der Waals surface area contributed by atoms with E-state index in [0.29, 0.717) is 12.5 Å². The lowest BCUT2D eigenvalue weighted by molar-refractivity contribution is -0.151. The fourth-order valence-electron chi connectivity index (χ4n) is 4.44. The van der Waals surface area contributed by atoms with Crippen LogP contribution in [0.25, 0.3) is 0 Å². The van der Waals surface area contributed by atoms with Gasteiger partial charge >= 0.3 is 0 Å². The highest BCUT2D eigenvalue weighted by Crippen LogP contribution is 2.42. The van der Waals surface area contributed by atoms with E-state index in [-0.39, 0.29) is 23.8 Å². The third-order valence-electron chi connectivity index (χ3n) is 5.31. The second-order valence-corrected chi connectivity index (χ2v) is 8.02. The van der Waals surface area contributed by atoms with E-state index in [4.69, 9.17) is 4.74 Å². The standard InChI is InChI=1S/C17H31NO3/c1-13-8-14(10-16(2,3)9-13)15(20)18-7-5-6-17(11-18,12-19)21-4/h13-14,19H,5-12H2,1-4H3. The van der Waals surface area contributed by atoms with Crippen LogP contribution < -0.4 is 0 Å². The summed E-state index contributed by atoms with van der Waals surface area (Å²) < 4.78 is 5.51. The first-order valence-corrected chi connectivity index (χ1v) is 8.26. The Kier molecular flexibility index (Phi) is 4.99. The summed E-state index contributed by atoms with van der Waals surface area (Å²) in [4.78, 5) is 14.8. The Morgan fingerprint density at radius 2 is 2.10 bits per heavy atom. The van der Waals surface area contributed by atoms with Crippen LogP contribution >= 0.6 is 0 Å². The van der Waals surface area contributed by atoms with Crippen molar-refractivity contribution in [2.45, 2.75) is 58.5 Å². The molecular weight excluding hydrogens is 266 g/mol. The number of amides is 1. The number of ether oxygens (including phenoxy) is 1. The maximum Gasteiger partial charge on any atom is 0.225 e. The van der Waals surface area contributed by atoms with Crippen LogP contribution in [0.4, 0.5) is 0 Å². The monoisotopic (exact) mass is 297 g/mol. The van der Waals surface area contributed by atoms with Crippen molar-refractivity contribution in [1.29, 1.82) is 0 Å². The number of hydrogen-bond donors (Lipinski definition) is 1. The van der Waals surface area contributed by atoms with Gasteiger partial charge in [0.15, 0.2) is 0 Å². The molecule has 1 amide bonds. The van der Waals surface area contributed by atoms with E-state index in [0.717, 1.165) is 32.2 Å². The minimum Gasteiger partial charge on any atom is -0.393 e. The lowest BCUT2D eigenvalue weighted by Crippen LogP contribution is -2.55. The van der Waals surface area contributed by atoms with Crippen molar-refractivity contribution >= 4 is 5.91 Å². The molecule has 0 aromatic heterocycles. The largest absolute Gasteiger partial charge is 0.393 e. The van der Waals surface area contributed by atoms with Crippen molar-refractivity contribution in [1.82, 2.24) is 4.90 Å². The van der Waals surface area contributed by atoms with Crippen LogP contribution in [0.3, 0.4) is 0 Å². The van der Waals surface area contributed by atoms with Crippen LogP contribution in [0.5, 0.6) is 0 Å². The van der Waals surface area contributed by atoms with E-state index < -0.39 is 5.60 Å². The molecule has 0 bridgehead atoms. The van der Waals surface area contributed by atoms with Crippen molar-refractivity contribution < 1.29 is 14.6 Å². The summed E-state index contributed by atoms with van der Waals surface area (Å²) in [6.45, 7) is 8.11. The Balaban J connectivity index is 2.05. The normalized spacial score (nSPS) is 36.5. The Morgan fingerprint density at radius 1 is 1.38 bits per heavy atom. The topological polar surface area (TPSA) is 49.8 Å². The van der Waals surface area contributed by atoms with Gasteiger partial charge in [0.25, 0.3) is 0 Å². The molecule has 2 aliphatic rings. The highest BCUT2D eigenvalue weighted by Gasteiger charge is 2.41. The van der Waals surface area contributed by atoms with Gasteiger partial charge in [0, 0.05) is 19.6 Å². The molecule has 0 aromatic rings. The summed E-state index contributed by atoms with van der Waals surface area (Å²) in [5, 5.41) is 9.61. The zero-order chi connectivity index (χ0) is 15.7. The smallest absolute Gasteiger partial charge is 0.225 e. The molecule has 21 heavy (non-hydrogen) atoms. The minimum absolute atomic E-state index is 0.0140. The zero-order valence-electron chi connectivity index (χ0n) is 14.0. The predicted octanol–water partition coefficient (Wildman–Crippen LogP) is 2.45. The molecule has 0 aromatic carbocycles. The number of methoxy groups -OCH3 is 1. The quantitative estimate of drug-likeness (QED) is 0.870. The van der Waals surface area contributed by atoms with Crippen LogP contribution in [-0.2, 0) is 9.53 Å². The van der Waals surface area contributed by atoms with Crippen LogP contribution in [0.15, 0.2) is 0 Å². The lowest BCUT2D eigenvalue weighted by Gasteiger charge is -2.44. The van der Waals surface area contributed by atoms with Gasteiger partial charge in [0.05, 0.1) is 13.2 Å². The summed E-state index contributed by atoms with van der Waals surface area (Å²) in [5.41, 5.74) is -0.299. The molecule has 3 atom stereocenters. The van der Waals surface area contributed by atoms with Crippen molar-refractivity contribution in [3.63, 3.8) is 0 Å². The van der Waals surface area contributed by atoms with Gasteiger partial charge in [-0.1, -0.05) is 20.8 Å². The molecule has 1 aliphatic carbocycles. The summed E-state index contributed by atoms with van der Waals surface area (Å²) in [7, 11) is 1.63. The summed E-state index contributed by atoms with van der Waals surface area (Å²) in [6, 6.07) is 0. The van der Waals surface area contributed by atoms with Gasteiger partial charge in [-0.15, -0.1) is 0 Å². The highest BCUT2D eigenvalue weighted by molar-refractivity contribution is 5.79. The SMILES string of the molecule is COC1(CO)CCCN(C(=O)C2CC(C)CC(C)(C)C2)C1. The third-order valence-corrected chi connectivity index (χ3v) is 5.31. The minimum atomic E-state index is -0.552. The second-order valence-electron chi connectivity index (χ2n) is 8.02. The molecule has 1 N–H and O–H groups in total. The van der Waals surface area contributed by atoms with Crippen molar-refractivity contribution in [2.75, 3.05) is 26.8 Å². The van der Waals surface area contributed by atoms with Crippen LogP contribution in [0.1, 0.15) is 52.9 Å². The molecule has 2 fully saturated rings. The number of aliphatic hydroxyl groups excluding tert-OH is 1. The predicted molar refractivity (Wildman–Crippen MR) is 82.9 cm³/mol. The average Bonchev–Trinajstić information content (AvgIpc) is 2.44. The molecule has 122 valence electrons. The van der Waals surface area contributed by atoms with Crippen molar-refractivity contribution in [3.8, 4) is 0 Å².